The highest BCUT2D eigenvalue weighted by Gasteiger charge is 2.33. The van der Waals surface area contributed by atoms with Gasteiger partial charge >= 0.3 is 0 Å². The molecule has 0 unspecified atom stereocenters. The number of amides is 2. The first-order chi connectivity index (χ1) is 19.0. The number of hydrogen-bond donors (Lipinski definition) is 1. The van der Waals surface area contributed by atoms with Gasteiger partial charge in [-0.05, 0) is 54.3 Å². The van der Waals surface area contributed by atoms with Gasteiger partial charge in [-0.25, -0.2) is 8.42 Å². The summed E-state index contributed by atoms with van der Waals surface area (Å²) in [5, 5.41) is 3.37. The summed E-state index contributed by atoms with van der Waals surface area (Å²) in [4.78, 5) is 29.2. The van der Waals surface area contributed by atoms with E-state index in [1.54, 1.807) is 25.1 Å². The zero-order valence-corrected chi connectivity index (χ0v) is 26.1. The predicted molar refractivity (Wildman–Crippen MR) is 165 cm³/mol. The van der Waals surface area contributed by atoms with Crippen LogP contribution in [0.25, 0.3) is 0 Å². The minimum absolute atomic E-state index is 0.114. The van der Waals surface area contributed by atoms with Crippen molar-refractivity contribution in [1.82, 2.24) is 10.2 Å². The second kappa shape index (κ2) is 14.7. The summed E-state index contributed by atoms with van der Waals surface area (Å²) in [6.45, 7) is 3.86. The molecule has 0 saturated heterocycles. The summed E-state index contributed by atoms with van der Waals surface area (Å²) in [6.07, 6.45) is 3.04. The van der Waals surface area contributed by atoms with Crippen molar-refractivity contribution < 1.29 is 18.0 Å². The number of hydrogen-bond acceptors (Lipinski definition) is 4. The van der Waals surface area contributed by atoms with Crippen LogP contribution in [0.4, 0.5) is 5.69 Å². The number of nitrogens with zero attached hydrogens (tertiary/aromatic N) is 2. The smallest absolute Gasteiger partial charge is 0.244 e. The van der Waals surface area contributed by atoms with E-state index in [2.05, 4.69) is 21.2 Å². The Balaban J connectivity index is 2.06. The number of benzene rings is 3. The van der Waals surface area contributed by atoms with Crippen LogP contribution in [0, 0.1) is 6.92 Å². The Bertz CT molecular complexity index is 1420. The monoisotopic (exact) mass is 647 g/mol. The SMILES string of the molecule is CCCCNC(=O)[C@@H](Cc1ccccc1)N(Cc1cccc(Br)c1)C(=O)CN(c1cccc(Cl)c1C)S(C)(=O)=O. The van der Waals surface area contributed by atoms with Gasteiger partial charge in [-0.2, -0.15) is 0 Å². The molecule has 7 nitrogen and oxygen atoms in total. The Hall–Kier alpha value is -2.88. The molecule has 214 valence electrons. The fourth-order valence-electron chi connectivity index (χ4n) is 4.35. The number of halogens is 2. The average molecular weight is 649 g/mol. The van der Waals surface area contributed by atoms with Crippen LogP contribution in [0.2, 0.25) is 5.02 Å². The van der Waals surface area contributed by atoms with E-state index in [1.165, 1.54) is 4.90 Å². The second-order valence-electron chi connectivity index (χ2n) is 9.66. The van der Waals surface area contributed by atoms with E-state index in [0.717, 1.165) is 39.0 Å². The van der Waals surface area contributed by atoms with Gasteiger partial charge in [-0.1, -0.05) is 89.4 Å². The normalized spacial score (nSPS) is 12.0. The highest BCUT2D eigenvalue weighted by Crippen LogP contribution is 2.29. The Morgan fingerprint density at radius 1 is 1.00 bits per heavy atom. The van der Waals surface area contributed by atoms with Gasteiger partial charge in [0.15, 0.2) is 0 Å². The molecule has 0 radical (unpaired) electrons. The molecule has 2 amide bonds. The zero-order valence-electron chi connectivity index (χ0n) is 22.9. The Morgan fingerprint density at radius 3 is 2.33 bits per heavy atom. The van der Waals surface area contributed by atoms with E-state index in [9.17, 15) is 18.0 Å². The van der Waals surface area contributed by atoms with Crippen LogP contribution >= 0.6 is 27.5 Å². The van der Waals surface area contributed by atoms with Gasteiger partial charge < -0.3 is 10.2 Å². The zero-order chi connectivity index (χ0) is 29.3. The molecule has 0 aliphatic rings. The molecule has 0 aromatic heterocycles. The Morgan fingerprint density at radius 2 is 1.68 bits per heavy atom. The van der Waals surface area contributed by atoms with Gasteiger partial charge in [0.25, 0.3) is 0 Å². The van der Waals surface area contributed by atoms with Gasteiger partial charge in [-0.3, -0.25) is 13.9 Å². The highest BCUT2D eigenvalue weighted by atomic mass is 79.9. The van der Waals surface area contributed by atoms with Crippen LogP contribution in [0.1, 0.15) is 36.5 Å². The molecule has 10 heteroatoms. The molecule has 40 heavy (non-hydrogen) atoms. The van der Waals surface area contributed by atoms with Gasteiger partial charge in [0, 0.05) is 29.0 Å². The van der Waals surface area contributed by atoms with Gasteiger partial charge in [0.05, 0.1) is 11.9 Å². The molecule has 0 fully saturated rings. The van der Waals surface area contributed by atoms with E-state index in [0.29, 0.717) is 22.8 Å². The molecular weight excluding hydrogens is 614 g/mol. The Kier molecular flexibility index (Phi) is 11.6. The molecule has 1 atom stereocenters. The number of nitrogens with one attached hydrogen (secondary N) is 1. The first kappa shape index (κ1) is 31.6. The van der Waals surface area contributed by atoms with Crippen LogP contribution in [0.3, 0.4) is 0 Å². The summed E-state index contributed by atoms with van der Waals surface area (Å²) in [6, 6.07) is 21.0. The lowest BCUT2D eigenvalue weighted by Crippen LogP contribution is -2.53. The van der Waals surface area contributed by atoms with Crippen molar-refractivity contribution in [3.05, 3.63) is 99.0 Å². The third-order valence-electron chi connectivity index (χ3n) is 6.53. The molecule has 3 rings (SSSR count). The highest BCUT2D eigenvalue weighted by molar-refractivity contribution is 9.10. The van der Waals surface area contributed by atoms with Gasteiger partial charge in [0.2, 0.25) is 21.8 Å². The van der Waals surface area contributed by atoms with Crippen molar-refractivity contribution in [3.8, 4) is 0 Å². The second-order valence-corrected chi connectivity index (χ2v) is 12.9. The maximum atomic E-state index is 14.1. The number of sulfonamides is 1. The average Bonchev–Trinajstić information content (AvgIpc) is 2.91. The summed E-state index contributed by atoms with van der Waals surface area (Å²) < 4.78 is 27.8. The summed E-state index contributed by atoms with van der Waals surface area (Å²) >= 11 is 9.78. The lowest BCUT2D eigenvalue weighted by atomic mass is 10.0. The molecule has 3 aromatic carbocycles. The summed E-state index contributed by atoms with van der Waals surface area (Å²) in [7, 11) is -3.87. The first-order valence-corrected chi connectivity index (χ1v) is 16.1. The van der Waals surface area contributed by atoms with Crippen molar-refractivity contribution in [2.24, 2.45) is 0 Å². The van der Waals surface area contributed by atoms with E-state index < -0.39 is 28.5 Å². The van der Waals surface area contributed by atoms with Crippen LogP contribution in [0.5, 0.6) is 0 Å². The molecule has 0 saturated carbocycles. The predicted octanol–water partition coefficient (Wildman–Crippen LogP) is 5.73. The largest absolute Gasteiger partial charge is 0.354 e. The quantitative estimate of drug-likeness (QED) is 0.240. The minimum Gasteiger partial charge on any atom is -0.354 e. The van der Waals surface area contributed by atoms with Crippen molar-refractivity contribution in [3.63, 3.8) is 0 Å². The van der Waals surface area contributed by atoms with Crippen LogP contribution in [0.15, 0.2) is 77.3 Å². The molecular formula is C30H35BrClN3O4S. The molecule has 0 aliphatic heterocycles. The lowest BCUT2D eigenvalue weighted by Gasteiger charge is -2.34. The standard InChI is InChI=1S/C30H35BrClN3O4S/c1-4-5-17-33-30(37)28(19-23-11-7-6-8-12-23)34(20-24-13-9-14-25(31)18-24)29(36)21-35(40(3,38)39)27-16-10-15-26(32)22(27)2/h6-16,18,28H,4-5,17,19-21H2,1-3H3,(H,33,37)/t28-/m1/s1. The van der Waals surface area contributed by atoms with E-state index in [1.807, 2.05) is 61.5 Å². The van der Waals surface area contributed by atoms with Gasteiger partial charge in [0.1, 0.15) is 12.6 Å². The first-order valence-electron chi connectivity index (χ1n) is 13.1. The lowest BCUT2D eigenvalue weighted by molar-refractivity contribution is -0.140. The minimum atomic E-state index is -3.87. The van der Waals surface area contributed by atoms with Crippen molar-refractivity contribution in [1.29, 1.82) is 0 Å². The van der Waals surface area contributed by atoms with Crippen LogP contribution in [-0.4, -0.2) is 50.5 Å². The number of carbonyl (C=O) groups excluding carboxylic acids is 2. The number of anilines is 1. The number of rotatable bonds is 13. The molecule has 1 N–H and O–H groups in total. The van der Waals surface area contributed by atoms with Gasteiger partial charge in [-0.15, -0.1) is 0 Å². The van der Waals surface area contributed by atoms with Crippen LogP contribution < -0.4 is 9.62 Å². The number of carbonyl (C=O) groups is 2. The number of unbranched alkanes of at least 4 members (excludes halogenated alkanes) is 1. The fraction of sp³-hybridized carbons (Fsp3) is 0.333. The third kappa shape index (κ3) is 8.81. The third-order valence-corrected chi connectivity index (χ3v) is 8.56. The topological polar surface area (TPSA) is 86.8 Å². The summed E-state index contributed by atoms with van der Waals surface area (Å²) in [5.41, 5.74) is 2.54. The van der Waals surface area contributed by atoms with E-state index >= 15 is 0 Å². The van der Waals surface area contributed by atoms with Crippen molar-refractivity contribution in [2.75, 3.05) is 23.7 Å². The maximum absolute atomic E-state index is 14.1. The molecule has 0 bridgehead atoms. The van der Waals surface area contributed by atoms with E-state index in [4.69, 9.17) is 11.6 Å². The fourth-order valence-corrected chi connectivity index (χ4v) is 5.87. The van der Waals surface area contributed by atoms with Crippen molar-refractivity contribution in [2.45, 2.75) is 45.7 Å². The molecule has 0 spiro atoms. The summed E-state index contributed by atoms with van der Waals surface area (Å²) in [5.74, 6) is -0.790. The maximum Gasteiger partial charge on any atom is 0.244 e. The van der Waals surface area contributed by atoms with Crippen LogP contribution in [-0.2, 0) is 32.6 Å². The Labute approximate surface area is 250 Å². The molecule has 0 heterocycles. The van der Waals surface area contributed by atoms with Crippen molar-refractivity contribution >= 4 is 55.1 Å². The van der Waals surface area contributed by atoms with E-state index in [-0.39, 0.29) is 18.9 Å². The molecule has 0 aliphatic carbocycles. The molecule has 3 aromatic rings.